The largest absolute Gasteiger partial charge is 0.365 e. The van der Waals surface area contributed by atoms with E-state index in [-0.39, 0.29) is 0 Å². The molecule has 1 fully saturated rings. The van der Waals surface area contributed by atoms with Gasteiger partial charge in [-0.3, -0.25) is 4.90 Å². The molecule has 0 spiro atoms. The number of benzene rings is 1. The van der Waals surface area contributed by atoms with E-state index in [9.17, 15) is 0 Å². The molecule has 0 radical (unpaired) electrons. The third-order valence-corrected chi connectivity index (χ3v) is 4.49. The van der Waals surface area contributed by atoms with E-state index in [1.165, 1.54) is 11.3 Å². The zero-order chi connectivity index (χ0) is 14.0. The second kappa shape index (κ2) is 5.94. The quantitative estimate of drug-likeness (QED) is 0.838. The molecular formula is C15H20BrN3. The summed E-state index contributed by atoms with van der Waals surface area (Å²) >= 11 is 3.66. The lowest BCUT2D eigenvalue weighted by molar-refractivity contribution is 0.194. The fourth-order valence-electron chi connectivity index (χ4n) is 2.72. The van der Waals surface area contributed by atoms with Crippen molar-refractivity contribution in [2.45, 2.75) is 32.4 Å². The maximum atomic E-state index is 8.95. The van der Waals surface area contributed by atoms with Crippen molar-refractivity contribution in [2.24, 2.45) is 0 Å². The number of nitrogens with zero attached hydrogens (tertiary/aromatic N) is 3. The van der Waals surface area contributed by atoms with Gasteiger partial charge in [-0.15, -0.1) is 0 Å². The molecule has 0 amide bonds. The highest BCUT2D eigenvalue weighted by atomic mass is 79.9. The monoisotopic (exact) mass is 321 g/mol. The molecule has 0 saturated carbocycles. The van der Waals surface area contributed by atoms with Crippen LogP contribution < -0.4 is 4.90 Å². The Morgan fingerprint density at radius 1 is 1.42 bits per heavy atom. The van der Waals surface area contributed by atoms with Gasteiger partial charge in [0.15, 0.2) is 0 Å². The molecule has 3 nitrogen and oxygen atoms in total. The van der Waals surface area contributed by atoms with Crippen LogP contribution in [0.2, 0.25) is 0 Å². The molecule has 0 aliphatic carbocycles. The molecule has 4 heteroatoms. The van der Waals surface area contributed by atoms with Crippen LogP contribution in [0.15, 0.2) is 22.7 Å². The first-order chi connectivity index (χ1) is 9.02. The van der Waals surface area contributed by atoms with Crippen molar-refractivity contribution in [1.29, 1.82) is 5.26 Å². The lowest BCUT2D eigenvalue weighted by Crippen LogP contribution is -2.56. The molecule has 1 aliphatic rings. The molecule has 102 valence electrons. The van der Waals surface area contributed by atoms with Gasteiger partial charge in [0.25, 0.3) is 0 Å². The van der Waals surface area contributed by atoms with E-state index in [2.05, 4.69) is 70.9 Å². The smallest absolute Gasteiger partial charge is 0.0638 e. The second-order valence-electron chi connectivity index (χ2n) is 5.41. The number of halogens is 1. The first-order valence-electron chi connectivity index (χ1n) is 6.63. The number of hydrogen-bond acceptors (Lipinski definition) is 3. The Kier molecular flexibility index (Phi) is 4.49. The summed E-state index contributed by atoms with van der Waals surface area (Å²) in [6, 6.07) is 9.54. The van der Waals surface area contributed by atoms with Crippen LogP contribution in [0.5, 0.6) is 0 Å². The fraction of sp³-hybridized carbons (Fsp3) is 0.533. The first-order valence-corrected chi connectivity index (χ1v) is 7.42. The molecule has 1 aliphatic heterocycles. The Balaban J connectivity index is 2.25. The summed E-state index contributed by atoms with van der Waals surface area (Å²) < 4.78 is 1.14. The van der Waals surface area contributed by atoms with Crippen LogP contribution in [0.4, 0.5) is 5.69 Å². The van der Waals surface area contributed by atoms with Gasteiger partial charge in [-0.05, 0) is 54.5 Å². The summed E-state index contributed by atoms with van der Waals surface area (Å²) in [5, 5.41) is 8.95. The van der Waals surface area contributed by atoms with Crippen molar-refractivity contribution < 1.29 is 0 Å². The van der Waals surface area contributed by atoms with Crippen LogP contribution in [0, 0.1) is 18.3 Å². The molecule has 1 saturated heterocycles. The summed E-state index contributed by atoms with van der Waals surface area (Å²) in [4.78, 5) is 4.71. The van der Waals surface area contributed by atoms with Gasteiger partial charge in [0.1, 0.15) is 0 Å². The average molecular weight is 322 g/mol. The molecule has 2 unspecified atom stereocenters. The fourth-order valence-corrected chi connectivity index (χ4v) is 3.44. The van der Waals surface area contributed by atoms with Gasteiger partial charge >= 0.3 is 0 Å². The number of nitriles is 1. The minimum atomic E-state index is 0.314. The molecule has 2 rings (SSSR count). The second-order valence-corrected chi connectivity index (χ2v) is 6.27. The van der Waals surface area contributed by atoms with Crippen LogP contribution >= 0.6 is 15.9 Å². The molecule has 0 aromatic heterocycles. The first kappa shape index (κ1) is 14.4. The highest BCUT2D eigenvalue weighted by Gasteiger charge is 2.30. The number of rotatable bonds is 2. The third kappa shape index (κ3) is 3.10. The van der Waals surface area contributed by atoms with Crippen molar-refractivity contribution in [3.8, 4) is 6.07 Å². The van der Waals surface area contributed by atoms with E-state index in [1.54, 1.807) is 0 Å². The summed E-state index contributed by atoms with van der Waals surface area (Å²) in [5.74, 6) is 0. The van der Waals surface area contributed by atoms with Crippen molar-refractivity contribution in [2.75, 3.05) is 25.0 Å². The van der Waals surface area contributed by atoms with Gasteiger partial charge in [-0.1, -0.05) is 6.07 Å². The molecule has 1 aromatic carbocycles. The minimum Gasteiger partial charge on any atom is -0.365 e. The minimum absolute atomic E-state index is 0.314. The van der Waals surface area contributed by atoms with Crippen LogP contribution in [0.1, 0.15) is 18.9 Å². The van der Waals surface area contributed by atoms with Crippen LogP contribution in [-0.2, 0) is 0 Å². The lowest BCUT2D eigenvalue weighted by Gasteiger charge is -2.44. The number of anilines is 1. The Morgan fingerprint density at radius 3 is 2.79 bits per heavy atom. The molecule has 1 aromatic rings. The van der Waals surface area contributed by atoms with Crippen molar-refractivity contribution in [3.63, 3.8) is 0 Å². The Bertz CT molecular complexity index is 495. The van der Waals surface area contributed by atoms with Gasteiger partial charge in [-0.2, -0.15) is 5.26 Å². The van der Waals surface area contributed by atoms with Gasteiger partial charge in [0.2, 0.25) is 0 Å². The summed E-state index contributed by atoms with van der Waals surface area (Å²) in [5.41, 5.74) is 2.49. The number of hydrogen-bond donors (Lipinski definition) is 0. The van der Waals surface area contributed by atoms with Gasteiger partial charge in [-0.25, -0.2) is 0 Å². The van der Waals surface area contributed by atoms with E-state index in [0.29, 0.717) is 18.5 Å². The highest BCUT2D eigenvalue weighted by molar-refractivity contribution is 9.10. The van der Waals surface area contributed by atoms with Gasteiger partial charge < -0.3 is 4.90 Å². The molecule has 19 heavy (non-hydrogen) atoms. The predicted molar refractivity (Wildman–Crippen MR) is 82.3 cm³/mol. The molecular weight excluding hydrogens is 302 g/mol. The zero-order valence-corrected chi connectivity index (χ0v) is 13.3. The maximum Gasteiger partial charge on any atom is 0.0638 e. The lowest BCUT2D eigenvalue weighted by atomic mass is 10.0. The average Bonchev–Trinajstić information content (AvgIpc) is 2.34. The summed E-state index contributed by atoms with van der Waals surface area (Å²) in [6.45, 7) is 6.24. The number of piperazine rings is 1. The van der Waals surface area contributed by atoms with E-state index < -0.39 is 0 Å². The van der Waals surface area contributed by atoms with E-state index in [1.807, 2.05) is 0 Å². The molecule has 1 heterocycles. The van der Waals surface area contributed by atoms with Gasteiger partial charge in [0, 0.05) is 29.6 Å². The maximum absolute atomic E-state index is 8.95. The van der Waals surface area contributed by atoms with Crippen molar-refractivity contribution in [1.82, 2.24) is 4.90 Å². The van der Waals surface area contributed by atoms with Crippen molar-refractivity contribution in [3.05, 3.63) is 28.2 Å². The zero-order valence-electron chi connectivity index (χ0n) is 11.7. The summed E-state index contributed by atoms with van der Waals surface area (Å²) in [6.07, 6.45) is 0.587. The van der Waals surface area contributed by atoms with Crippen LogP contribution in [0.3, 0.4) is 0 Å². The highest BCUT2D eigenvalue weighted by Crippen LogP contribution is 2.31. The predicted octanol–water partition coefficient (Wildman–Crippen LogP) is 3.18. The van der Waals surface area contributed by atoms with E-state index >= 15 is 0 Å². The third-order valence-electron chi connectivity index (χ3n) is 3.85. The normalized spacial score (nSPS) is 24.3. The Hall–Kier alpha value is -1.05. The SMILES string of the molecule is Cc1ccc(N2CC(CC#N)N(C)CC2C)c(Br)c1. The molecule has 2 atom stereocenters. The van der Waals surface area contributed by atoms with E-state index in [4.69, 9.17) is 5.26 Å². The Morgan fingerprint density at radius 2 is 2.16 bits per heavy atom. The number of aryl methyl sites for hydroxylation is 1. The van der Waals surface area contributed by atoms with Crippen LogP contribution in [0.25, 0.3) is 0 Å². The van der Waals surface area contributed by atoms with Crippen LogP contribution in [-0.4, -0.2) is 37.1 Å². The topological polar surface area (TPSA) is 30.3 Å². The molecule has 0 bridgehead atoms. The number of likely N-dealkylation sites (N-methyl/N-ethyl adjacent to an activating group) is 1. The standard InChI is InChI=1S/C15H20BrN3/c1-11-4-5-15(14(16)8-11)19-10-13(6-7-17)18(3)9-12(19)2/h4-5,8,12-13H,6,9-10H2,1-3H3. The van der Waals surface area contributed by atoms with Crippen molar-refractivity contribution >= 4 is 21.6 Å². The van der Waals surface area contributed by atoms with Gasteiger partial charge in [0.05, 0.1) is 18.2 Å². The molecule has 0 N–H and O–H groups in total. The van der Waals surface area contributed by atoms with E-state index in [0.717, 1.165) is 17.6 Å². The summed E-state index contributed by atoms with van der Waals surface area (Å²) in [7, 11) is 2.11. The Labute approximate surface area is 123 Å².